The molecule has 1 unspecified atom stereocenters. The smallest absolute Gasteiger partial charge is 0.173 e. The Morgan fingerprint density at radius 3 is 2.80 bits per heavy atom. The number of ether oxygens (including phenoxy) is 1. The van der Waals surface area contributed by atoms with Gasteiger partial charge in [0.15, 0.2) is 5.78 Å². The monoisotopic (exact) mass is 203 g/mol. The second-order valence-corrected chi connectivity index (χ2v) is 3.74. The van der Waals surface area contributed by atoms with Crippen molar-refractivity contribution in [3.8, 4) is 5.75 Å². The van der Waals surface area contributed by atoms with Crippen LogP contribution < -0.4 is 4.74 Å². The predicted molar refractivity (Wildman–Crippen MR) is 59.4 cm³/mol. The summed E-state index contributed by atoms with van der Waals surface area (Å²) >= 11 is 0. The number of hydrogen-bond donors (Lipinski definition) is 0. The zero-order valence-corrected chi connectivity index (χ0v) is 9.07. The molecule has 1 aromatic rings. The first kappa shape index (κ1) is 9.90. The molecule has 1 aliphatic rings. The van der Waals surface area contributed by atoms with E-state index in [2.05, 4.69) is 4.99 Å². The van der Waals surface area contributed by atoms with Crippen LogP contribution >= 0.6 is 0 Å². The largest absolute Gasteiger partial charge is 0.494 e. The van der Waals surface area contributed by atoms with Gasteiger partial charge in [-0.3, -0.25) is 9.79 Å². The minimum Gasteiger partial charge on any atom is -0.494 e. The summed E-state index contributed by atoms with van der Waals surface area (Å²) in [5.41, 5.74) is 2.32. The van der Waals surface area contributed by atoms with Crippen molar-refractivity contribution >= 4 is 17.7 Å². The molecule has 0 N–H and O–H groups in total. The Morgan fingerprint density at radius 1 is 1.40 bits per heavy atom. The fourth-order valence-electron chi connectivity index (χ4n) is 1.76. The third-order valence-electron chi connectivity index (χ3n) is 2.64. The first-order valence-electron chi connectivity index (χ1n) is 4.91. The number of ketones is 1. The lowest BCUT2D eigenvalue weighted by molar-refractivity contribution is 0.0962. The molecule has 3 nitrogen and oxygen atoms in total. The van der Waals surface area contributed by atoms with E-state index in [-0.39, 0.29) is 11.7 Å². The molecule has 1 aliphatic heterocycles. The van der Waals surface area contributed by atoms with E-state index in [0.29, 0.717) is 17.0 Å². The molecule has 3 heteroatoms. The van der Waals surface area contributed by atoms with Gasteiger partial charge in [0, 0.05) is 11.8 Å². The highest BCUT2D eigenvalue weighted by molar-refractivity contribution is 6.12. The van der Waals surface area contributed by atoms with E-state index in [1.807, 2.05) is 26.0 Å². The number of aliphatic imine (C=N–C) groups is 1. The number of nitrogens with zero attached hydrogens (tertiary/aromatic N) is 1. The molecule has 0 aromatic heterocycles. The van der Waals surface area contributed by atoms with E-state index in [9.17, 15) is 4.79 Å². The average molecular weight is 203 g/mol. The van der Waals surface area contributed by atoms with Crippen LogP contribution in [0.3, 0.4) is 0 Å². The minimum atomic E-state index is -0.134. The number of Topliss-reactive ketones (excluding diaryl/α,β-unsaturated/α-hetero) is 1. The SMILES string of the molecule is COc1c(C)ccc2c1N=CC(C)C2=O. The number of benzene rings is 1. The first-order valence-corrected chi connectivity index (χ1v) is 4.91. The van der Waals surface area contributed by atoms with E-state index >= 15 is 0 Å². The highest BCUT2D eigenvalue weighted by atomic mass is 16.5. The van der Waals surface area contributed by atoms with Gasteiger partial charge >= 0.3 is 0 Å². The molecule has 0 saturated carbocycles. The van der Waals surface area contributed by atoms with Crippen molar-refractivity contribution in [3.63, 3.8) is 0 Å². The summed E-state index contributed by atoms with van der Waals surface area (Å²) in [6, 6.07) is 3.71. The molecule has 0 spiro atoms. The lowest BCUT2D eigenvalue weighted by atomic mass is 9.94. The maximum Gasteiger partial charge on any atom is 0.173 e. The lowest BCUT2D eigenvalue weighted by Gasteiger charge is -2.17. The van der Waals surface area contributed by atoms with Crippen molar-refractivity contribution in [1.29, 1.82) is 0 Å². The highest BCUT2D eigenvalue weighted by Crippen LogP contribution is 2.37. The standard InChI is InChI=1S/C12H13NO2/c1-7-4-5-9-10(12(7)15-3)13-6-8(2)11(9)14/h4-6,8H,1-3H3. The molecule has 0 aliphatic carbocycles. The normalized spacial score (nSPS) is 18.9. The Balaban J connectivity index is 2.67. The van der Waals surface area contributed by atoms with Gasteiger partial charge in [-0.2, -0.15) is 0 Å². The van der Waals surface area contributed by atoms with Crippen molar-refractivity contribution in [2.24, 2.45) is 10.9 Å². The van der Waals surface area contributed by atoms with Crippen molar-refractivity contribution < 1.29 is 9.53 Å². The highest BCUT2D eigenvalue weighted by Gasteiger charge is 2.24. The summed E-state index contributed by atoms with van der Waals surface area (Å²) in [5, 5.41) is 0. The van der Waals surface area contributed by atoms with Gasteiger partial charge in [0.05, 0.1) is 13.0 Å². The van der Waals surface area contributed by atoms with Gasteiger partial charge in [-0.15, -0.1) is 0 Å². The van der Waals surface area contributed by atoms with Gasteiger partial charge in [0.1, 0.15) is 11.4 Å². The summed E-state index contributed by atoms with van der Waals surface area (Å²) in [6.07, 6.45) is 1.67. The van der Waals surface area contributed by atoms with Crippen LogP contribution in [0.4, 0.5) is 5.69 Å². The van der Waals surface area contributed by atoms with Crippen molar-refractivity contribution in [2.75, 3.05) is 7.11 Å². The second kappa shape index (κ2) is 3.50. The maximum absolute atomic E-state index is 11.8. The summed E-state index contributed by atoms with van der Waals surface area (Å²) in [5.74, 6) is 0.673. The molecule has 1 heterocycles. The first-order chi connectivity index (χ1) is 7.15. The number of hydrogen-bond acceptors (Lipinski definition) is 3. The van der Waals surface area contributed by atoms with Crippen LogP contribution in [0.15, 0.2) is 17.1 Å². The zero-order valence-electron chi connectivity index (χ0n) is 9.07. The quantitative estimate of drug-likeness (QED) is 0.703. The number of methoxy groups -OCH3 is 1. The minimum absolute atomic E-state index is 0.110. The Hall–Kier alpha value is -1.64. The third kappa shape index (κ3) is 1.44. The molecule has 0 radical (unpaired) electrons. The van der Waals surface area contributed by atoms with Crippen LogP contribution in [0.5, 0.6) is 5.75 Å². The van der Waals surface area contributed by atoms with E-state index in [1.54, 1.807) is 13.3 Å². The lowest BCUT2D eigenvalue weighted by Crippen LogP contribution is -2.16. The summed E-state index contributed by atoms with van der Waals surface area (Å²) < 4.78 is 5.26. The molecule has 0 fully saturated rings. The van der Waals surface area contributed by atoms with Crippen LogP contribution in [0.1, 0.15) is 22.8 Å². The number of aryl methyl sites for hydroxylation is 1. The molecule has 2 rings (SSSR count). The van der Waals surface area contributed by atoms with Gasteiger partial charge in [-0.05, 0) is 18.6 Å². The molecule has 78 valence electrons. The van der Waals surface area contributed by atoms with Gasteiger partial charge in [0.2, 0.25) is 0 Å². The average Bonchev–Trinajstić information content (AvgIpc) is 2.23. The predicted octanol–water partition coefficient (Wildman–Crippen LogP) is 2.54. The molecule has 1 aromatic carbocycles. The number of carbonyl (C=O) groups excluding carboxylic acids is 1. The third-order valence-corrected chi connectivity index (χ3v) is 2.64. The second-order valence-electron chi connectivity index (χ2n) is 3.74. The number of rotatable bonds is 1. The van der Waals surface area contributed by atoms with Crippen LogP contribution in [-0.4, -0.2) is 19.1 Å². The molecule has 0 amide bonds. The Morgan fingerprint density at radius 2 is 2.13 bits per heavy atom. The number of carbonyl (C=O) groups is 1. The van der Waals surface area contributed by atoms with Crippen molar-refractivity contribution in [2.45, 2.75) is 13.8 Å². The molecule has 0 bridgehead atoms. The molecular formula is C12H13NO2. The van der Waals surface area contributed by atoms with E-state index in [0.717, 1.165) is 5.56 Å². The van der Waals surface area contributed by atoms with Gasteiger partial charge < -0.3 is 4.74 Å². The van der Waals surface area contributed by atoms with Crippen LogP contribution in [0, 0.1) is 12.8 Å². The van der Waals surface area contributed by atoms with Crippen LogP contribution in [0.2, 0.25) is 0 Å². The van der Waals surface area contributed by atoms with Crippen LogP contribution in [-0.2, 0) is 0 Å². The number of fused-ring (bicyclic) bond motifs is 1. The Labute approximate surface area is 88.8 Å². The zero-order chi connectivity index (χ0) is 11.0. The van der Waals surface area contributed by atoms with E-state index < -0.39 is 0 Å². The van der Waals surface area contributed by atoms with Crippen molar-refractivity contribution in [1.82, 2.24) is 0 Å². The summed E-state index contributed by atoms with van der Waals surface area (Å²) in [6.45, 7) is 3.79. The van der Waals surface area contributed by atoms with Gasteiger partial charge in [-0.1, -0.05) is 13.0 Å². The molecule has 15 heavy (non-hydrogen) atoms. The molecular weight excluding hydrogens is 190 g/mol. The van der Waals surface area contributed by atoms with Gasteiger partial charge in [0.25, 0.3) is 0 Å². The van der Waals surface area contributed by atoms with Crippen molar-refractivity contribution in [3.05, 3.63) is 23.3 Å². The Kier molecular flexibility index (Phi) is 2.31. The fraction of sp³-hybridized carbons (Fsp3) is 0.333. The summed E-state index contributed by atoms with van der Waals surface area (Å²) in [4.78, 5) is 16.1. The fourth-order valence-corrected chi connectivity index (χ4v) is 1.76. The van der Waals surface area contributed by atoms with Crippen LogP contribution in [0.25, 0.3) is 0 Å². The van der Waals surface area contributed by atoms with Gasteiger partial charge in [-0.25, -0.2) is 0 Å². The molecule has 1 atom stereocenters. The Bertz CT molecular complexity index is 449. The summed E-state index contributed by atoms with van der Waals surface area (Å²) in [7, 11) is 1.60. The van der Waals surface area contributed by atoms with E-state index in [1.165, 1.54) is 0 Å². The molecule has 0 saturated heterocycles. The van der Waals surface area contributed by atoms with E-state index in [4.69, 9.17) is 4.74 Å². The maximum atomic E-state index is 11.8. The topological polar surface area (TPSA) is 38.7 Å².